The van der Waals surface area contributed by atoms with Crippen LogP contribution in [0, 0.1) is 6.92 Å². The van der Waals surface area contributed by atoms with Crippen LogP contribution in [0.5, 0.6) is 0 Å². The van der Waals surface area contributed by atoms with Gasteiger partial charge >= 0.3 is 5.97 Å². The second-order valence-corrected chi connectivity index (χ2v) is 5.00. The molecule has 3 rings (SSSR count). The Bertz CT molecular complexity index is 950. The Morgan fingerprint density at radius 2 is 1.88 bits per heavy atom. The zero-order valence-corrected chi connectivity index (χ0v) is 13.3. The highest BCUT2D eigenvalue weighted by molar-refractivity contribution is 6.06. The number of aromatic nitrogens is 5. The quantitative estimate of drug-likeness (QED) is 0.717. The van der Waals surface area contributed by atoms with Crippen LogP contribution in [0.1, 0.15) is 26.8 Å². The fraction of sp³-hybridized carbons (Fsp3) is 0.200. The average molecular weight is 326 g/mol. The van der Waals surface area contributed by atoms with E-state index in [2.05, 4.69) is 30.3 Å². The number of hydrogen-bond acceptors (Lipinski definition) is 7. The smallest absolute Gasteiger partial charge is 0.360 e. The van der Waals surface area contributed by atoms with Gasteiger partial charge in [-0.3, -0.25) is 9.48 Å². The molecule has 0 aliphatic rings. The summed E-state index contributed by atoms with van der Waals surface area (Å²) in [5.74, 6) is -1.34. The fourth-order valence-electron chi connectivity index (χ4n) is 2.14. The second kappa shape index (κ2) is 6.03. The van der Waals surface area contributed by atoms with Crippen LogP contribution in [0.4, 0.5) is 5.69 Å². The molecule has 3 aromatic rings. The van der Waals surface area contributed by atoms with Gasteiger partial charge in [0.25, 0.3) is 5.91 Å². The highest BCUT2D eigenvalue weighted by atomic mass is 16.5. The van der Waals surface area contributed by atoms with Crippen LogP contribution in [-0.4, -0.2) is 43.9 Å². The Labute approximate surface area is 136 Å². The third-order valence-electron chi connectivity index (χ3n) is 3.51. The normalized spacial score (nSPS) is 10.6. The molecule has 0 radical (unpaired) electrons. The van der Waals surface area contributed by atoms with Gasteiger partial charge in [-0.2, -0.15) is 5.10 Å². The molecule has 0 saturated carbocycles. The van der Waals surface area contributed by atoms with Gasteiger partial charge in [-0.15, -0.1) is 10.2 Å². The van der Waals surface area contributed by atoms with Crippen molar-refractivity contribution in [2.45, 2.75) is 6.92 Å². The van der Waals surface area contributed by atoms with E-state index in [0.29, 0.717) is 16.7 Å². The van der Waals surface area contributed by atoms with E-state index in [1.165, 1.54) is 11.8 Å². The number of carbonyl (C=O) groups excluding carboxylic acids is 2. The summed E-state index contributed by atoms with van der Waals surface area (Å²) in [5.41, 5.74) is 2.00. The van der Waals surface area contributed by atoms with Crippen LogP contribution in [0.2, 0.25) is 0 Å². The average Bonchev–Trinajstić information content (AvgIpc) is 2.89. The molecular weight excluding hydrogens is 312 g/mol. The molecule has 2 aromatic heterocycles. The Morgan fingerprint density at radius 3 is 2.58 bits per heavy atom. The molecule has 9 heteroatoms. The summed E-state index contributed by atoms with van der Waals surface area (Å²) in [5, 5.41) is 14.4. The Hall–Kier alpha value is -3.36. The predicted molar refractivity (Wildman–Crippen MR) is 84.6 cm³/mol. The van der Waals surface area contributed by atoms with Gasteiger partial charge in [0, 0.05) is 7.05 Å². The first-order valence-corrected chi connectivity index (χ1v) is 7.04. The van der Waals surface area contributed by atoms with Crippen LogP contribution in [0.25, 0.3) is 11.0 Å². The van der Waals surface area contributed by atoms with Crippen molar-refractivity contribution in [3.63, 3.8) is 0 Å². The molecule has 9 nitrogen and oxygen atoms in total. The minimum absolute atomic E-state index is 0.0135. The van der Waals surface area contributed by atoms with Crippen LogP contribution >= 0.6 is 0 Å². The SMILES string of the molecule is COC(=O)c1nn(C)c(C)c1NC(=O)c1nnc2ccccc2n1. The first-order valence-electron chi connectivity index (χ1n) is 7.04. The summed E-state index contributed by atoms with van der Waals surface area (Å²) in [6, 6.07) is 7.08. The topological polar surface area (TPSA) is 112 Å². The van der Waals surface area contributed by atoms with E-state index in [1.54, 1.807) is 38.2 Å². The molecule has 0 saturated heterocycles. The van der Waals surface area contributed by atoms with Crippen molar-refractivity contribution in [3.05, 3.63) is 41.5 Å². The number of ether oxygens (including phenoxy) is 1. The summed E-state index contributed by atoms with van der Waals surface area (Å²) in [7, 11) is 2.90. The second-order valence-electron chi connectivity index (χ2n) is 5.00. The first kappa shape index (κ1) is 15.5. The van der Waals surface area contributed by atoms with Gasteiger partial charge in [-0.05, 0) is 19.1 Å². The van der Waals surface area contributed by atoms with Gasteiger partial charge in [0.1, 0.15) is 5.52 Å². The van der Waals surface area contributed by atoms with E-state index in [-0.39, 0.29) is 17.2 Å². The van der Waals surface area contributed by atoms with E-state index < -0.39 is 11.9 Å². The molecule has 0 unspecified atom stereocenters. The van der Waals surface area contributed by atoms with Crippen molar-refractivity contribution >= 4 is 28.6 Å². The van der Waals surface area contributed by atoms with Gasteiger partial charge < -0.3 is 10.1 Å². The van der Waals surface area contributed by atoms with Crippen LogP contribution in [-0.2, 0) is 11.8 Å². The first-order chi connectivity index (χ1) is 11.5. The lowest BCUT2D eigenvalue weighted by molar-refractivity contribution is 0.0594. The highest BCUT2D eigenvalue weighted by Gasteiger charge is 2.23. The highest BCUT2D eigenvalue weighted by Crippen LogP contribution is 2.21. The number of anilines is 1. The largest absolute Gasteiger partial charge is 0.464 e. The zero-order valence-electron chi connectivity index (χ0n) is 13.3. The third kappa shape index (κ3) is 2.67. The number of methoxy groups -OCH3 is 1. The molecular formula is C15H14N6O3. The predicted octanol–water partition coefficient (Wildman–Crippen LogP) is 1.11. The van der Waals surface area contributed by atoms with Gasteiger partial charge in [0.2, 0.25) is 5.82 Å². The lowest BCUT2D eigenvalue weighted by Gasteiger charge is -2.05. The molecule has 0 fully saturated rings. The monoisotopic (exact) mass is 326 g/mol. The molecule has 0 aliphatic carbocycles. The molecule has 1 N–H and O–H groups in total. The number of nitrogens with zero attached hydrogens (tertiary/aromatic N) is 5. The van der Waals surface area contributed by atoms with Crippen molar-refractivity contribution < 1.29 is 14.3 Å². The molecule has 0 atom stereocenters. The summed E-state index contributed by atoms with van der Waals surface area (Å²) < 4.78 is 6.15. The van der Waals surface area contributed by atoms with Crippen molar-refractivity contribution in [1.82, 2.24) is 25.0 Å². The van der Waals surface area contributed by atoms with Crippen LogP contribution in [0.3, 0.4) is 0 Å². The lowest BCUT2D eigenvalue weighted by atomic mass is 10.3. The standard InChI is InChI=1S/C15H14N6O3/c1-8-11(12(15(23)24-3)20-21(8)2)17-14(22)13-16-9-6-4-5-7-10(9)18-19-13/h4-7H,1-3H3,(H,17,22). The maximum Gasteiger partial charge on any atom is 0.360 e. The van der Waals surface area contributed by atoms with Crippen molar-refractivity contribution in [2.75, 3.05) is 12.4 Å². The third-order valence-corrected chi connectivity index (χ3v) is 3.51. The number of amides is 1. The number of carbonyl (C=O) groups is 2. The lowest BCUT2D eigenvalue weighted by Crippen LogP contribution is -2.18. The summed E-state index contributed by atoms with van der Waals surface area (Å²) in [4.78, 5) is 28.4. The van der Waals surface area contributed by atoms with Crippen LogP contribution < -0.4 is 5.32 Å². The Morgan fingerprint density at radius 1 is 1.17 bits per heavy atom. The molecule has 122 valence electrons. The molecule has 0 aliphatic heterocycles. The number of nitrogens with one attached hydrogen (secondary N) is 1. The minimum atomic E-state index is -0.647. The maximum atomic E-state index is 12.4. The summed E-state index contributed by atoms with van der Waals surface area (Å²) >= 11 is 0. The van der Waals surface area contributed by atoms with E-state index in [9.17, 15) is 9.59 Å². The molecule has 1 aromatic carbocycles. The van der Waals surface area contributed by atoms with E-state index >= 15 is 0 Å². The molecule has 2 heterocycles. The number of aryl methyl sites for hydroxylation is 1. The van der Waals surface area contributed by atoms with Gasteiger partial charge in [0.15, 0.2) is 5.69 Å². The number of rotatable bonds is 3. The van der Waals surface area contributed by atoms with Crippen molar-refractivity contribution in [3.8, 4) is 0 Å². The van der Waals surface area contributed by atoms with Gasteiger partial charge in [0.05, 0.1) is 24.0 Å². The number of esters is 1. The summed E-state index contributed by atoms with van der Waals surface area (Å²) in [6.07, 6.45) is 0. The number of fused-ring (bicyclic) bond motifs is 1. The Kier molecular flexibility index (Phi) is 3.90. The molecule has 24 heavy (non-hydrogen) atoms. The molecule has 1 amide bonds. The number of benzene rings is 1. The number of hydrogen-bond donors (Lipinski definition) is 1. The fourth-order valence-corrected chi connectivity index (χ4v) is 2.14. The van der Waals surface area contributed by atoms with Gasteiger partial charge in [-0.25, -0.2) is 9.78 Å². The van der Waals surface area contributed by atoms with Crippen molar-refractivity contribution in [2.24, 2.45) is 7.05 Å². The zero-order chi connectivity index (χ0) is 17.3. The minimum Gasteiger partial charge on any atom is -0.464 e. The van der Waals surface area contributed by atoms with Crippen LogP contribution in [0.15, 0.2) is 24.3 Å². The van der Waals surface area contributed by atoms with Gasteiger partial charge in [-0.1, -0.05) is 12.1 Å². The van der Waals surface area contributed by atoms with Crippen molar-refractivity contribution in [1.29, 1.82) is 0 Å². The molecule has 0 spiro atoms. The number of para-hydroxylation sites is 1. The Balaban J connectivity index is 1.95. The maximum absolute atomic E-state index is 12.4. The summed E-state index contributed by atoms with van der Waals surface area (Å²) in [6.45, 7) is 1.72. The van der Waals surface area contributed by atoms with E-state index in [0.717, 1.165) is 0 Å². The van der Waals surface area contributed by atoms with E-state index in [1.807, 2.05) is 0 Å². The van der Waals surface area contributed by atoms with E-state index in [4.69, 9.17) is 0 Å². The molecule has 0 bridgehead atoms.